The number of hydrogen-bond donors (Lipinski definition) is 3. The summed E-state index contributed by atoms with van der Waals surface area (Å²) in [6.45, 7) is 5.32. The zero-order valence-corrected chi connectivity index (χ0v) is 17.2. The number of aromatic nitrogens is 3. The Kier molecular flexibility index (Phi) is 6.47. The Morgan fingerprint density at radius 2 is 1.93 bits per heavy atom. The van der Waals surface area contributed by atoms with Gasteiger partial charge in [0, 0.05) is 30.4 Å². The van der Waals surface area contributed by atoms with Crippen LogP contribution in [0.3, 0.4) is 0 Å². The van der Waals surface area contributed by atoms with Crippen LogP contribution in [0.2, 0.25) is 0 Å². The Labute approximate surface area is 168 Å². The number of hydrogen-bond acceptors (Lipinski definition) is 5. The first kappa shape index (κ1) is 19.6. The highest BCUT2D eigenvalue weighted by Crippen LogP contribution is 2.37. The lowest BCUT2D eigenvalue weighted by Crippen LogP contribution is -2.26. The first-order chi connectivity index (χ1) is 13.8. The van der Waals surface area contributed by atoms with Gasteiger partial charge in [-0.05, 0) is 69.5 Å². The van der Waals surface area contributed by atoms with E-state index < -0.39 is 0 Å². The molecule has 2 aromatic rings. The summed E-state index contributed by atoms with van der Waals surface area (Å²) in [6, 6.07) is 0.434. The minimum Gasteiger partial charge on any atom is -0.393 e. The van der Waals surface area contributed by atoms with Gasteiger partial charge in [0.25, 0.3) is 0 Å². The van der Waals surface area contributed by atoms with Gasteiger partial charge in [0.2, 0.25) is 5.95 Å². The molecule has 0 radical (unpaired) electrons. The highest BCUT2D eigenvalue weighted by Gasteiger charge is 2.26. The van der Waals surface area contributed by atoms with Crippen LogP contribution in [0.25, 0.3) is 11.0 Å². The predicted molar refractivity (Wildman–Crippen MR) is 114 cm³/mol. The van der Waals surface area contributed by atoms with Crippen molar-refractivity contribution in [1.82, 2.24) is 19.9 Å². The third-order valence-corrected chi connectivity index (χ3v) is 6.50. The van der Waals surface area contributed by atoms with Gasteiger partial charge >= 0.3 is 0 Å². The zero-order chi connectivity index (χ0) is 19.3. The van der Waals surface area contributed by atoms with Crippen molar-refractivity contribution in [2.75, 3.05) is 25.0 Å². The second-order valence-electron chi connectivity index (χ2n) is 8.54. The standard InChI is InChI=1S/C22H35N5O/c1-2-3-4-11-24-22-25-14-19-20(16-9-12-23-13-10-16)15-27(21(19)26-22)17-5-7-18(28)8-6-17/h14-18,23,28H,2-13H2,1H3,(H,24,25,26). The van der Waals surface area contributed by atoms with Crippen LogP contribution < -0.4 is 10.6 Å². The summed E-state index contributed by atoms with van der Waals surface area (Å²) in [6.07, 6.45) is 14.1. The van der Waals surface area contributed by atoms with Crippen molar-refractivity contribution < 1.29 is 5.11 Å². The number of nitrogens with zero attached hydrogens (tertiary/aromatic N) is 3. The summed E-state index contributed by atoms with van der Waals surface area (Å²) in [5.74, 6) is 1.34. The lowest BCUT2D eigenvalue weighted by Gasteiger charge is -2.27. The smallest absolute Gasteiger partial charge is 0.224 e. The maximum Gasteiger partial charge on any atom is 0.224 e. The topological polar surface area (TPSA) is 75.0 Å². The van der Waals surface area contributed by atoms with Crippen LogP contribution in [-0.4, -0.2) is 45.4 Å². The molecule has 1 aliphatic heterocycles. The maximum absolute atomic E-state index is 9.93. The fourth-order valence-corrected chi connectivity index (χ4v) is 4.79. The molecule has 2 aliphatic rings. The quantitative estimate of drug-likeness (QED) is 0.629. The van der Waals surface area contributed by atoms with E-state index in [1.54, 1.807) is 0 Å². The number of aliphatic hydroxyl groups is 1. The largest absolute Gasteiger partial charge is 0.393 e. The second kappa shape index (κ2) is 9.23. The SMILES string of the molecule is CCCCCNc1ncc2c(C3CCNCC3)cn(C3CCC(O)CC3)c2n1. The summed E-state index contributed by atoms with van der Waals surface area (Å²) in [5, 5.41) is 18.0. The average Bonchev–Trinajstić information content (AvgIpc) is 3.11. The van der Waals surface area contributed by atoms with E-state index in [1.165, 1.54) is 36.6 Å². The zero-order valence-electron chi connectivity index (χ0n) is 17.2. The van der Waals surface area contributed by atoms with Crippen molar-refractivity contribution in [3.05, 3.63) is 18.0 Å². The van der Waals surface area contributed by atoms with Crippen LogP contribution in [0.15, 0.2) is 12.4 Å². The molecule has 0 amide bonds. The molecule has 2 fully saturated rings. The first-order valence-corrected chi connectivity index (χ1v) is 11.3. The summed E-state index contributed by atoms with van der Waals surface area (Å²) < 4.78 is 2.40. The summed E-state index contributed by atoms with van der Waals surface area (Å²) >= 11 is 0. The molecule has 0 bridgehead atoms. The molecule has 28 heavy (non-hydrogen) atoms. The van der Waals surface area contributed by atoms with Crippen LogP contribution in [0.1, 0.15) is 82.2 Å². The molecule has 1 aliphatic carbocycles. The van der Waals surface area contributed by atoms with Crippen molar-refractivity contribution in [2.24, 2.45) is 0 Å². The van der Waals surface area contributed by atoms with E-state index in [1.807, 2.05) is 6.20 Å². The lowest BCUT2D eigenvalue weighted by molar-refractivity contribution is 0.111. The molecule has 3 N–H and O–H groups in total. The Bertz CT molecular complexity index is 760. The molecule has 3 heterocycles. The molecule has 6 heteroatoms. The maximum atomic E-state index is 9.93. The molecule has 1 saturated heterocycles. The summed E-state index contributed by atoms with van der Waals surface area (Å²) in [7, 11) is 0. The Balaban J connectivity index is 1.63. The van der Waals surface area contributed by atoms with E-state index in [2.05, 4.69) is 33.3 Å². The number of rotatable bonds is 7. The number of aliphatic hydroxyl groups excluding tert-OH is 1. The number of anilines is 1. The van der Waals surface area contributed by atoms with Crippen molar-refractivity contribution in [1.29, 1.82) is 0 Å². The Morgan fingerprint density at radius 1 is 1.14 bits per heavy atom. The normalized spacial score (nSPS) is 23.9. The molecule has 1 saturated carbocycles. The third-order valence-electron chi connectivity index (χ3n) is 6.50. The molecule has 6 nitrogen and oxygen atoms in total. The van der Waals surface area contributed by atoms with Gasteiger partial charge in [-0.2, -0.15) is 4.98 Å². The van der Waals surface area contributed by atoms with E-state index >= 15 is 0 Å². The van der Waals surface area contributed by atoms with E-state index in [0.29, 0.717) is 12.0 Å². The minimum absolute atomic E-state index is 0.132. The highest BCUT2D eigenvalue weighted by molar-refractivity contribution is 5.81. The van der Waals surface area contributed by atoms with Gasteiger partial charge in [-0.3, -0.25) is 0 Å². The first-order valence-electron chi connectivity index (χ1n) is 11.3. The van der Waals surface area contributed by atoms with Crippen LogP contribution in [0.5, 0.6) is 0 Å². The van der Waals surface area contributed by atoms with Crippen molar-refractivity contribution >= 4 is 17.0 Å². The van der Waals surface area contributed by atoms with Gasteiger partial charge < -0.3 is 20.3 Å². The van der Waals surface area contributed by atoms with Crippen LogP contribution in [0, 0.1) is 0 Å². The van der Waals surface area contributed by atoms with Gasteiger partial charge in [0.15, 0.2) is 0 Å². The highest BCUT2D eigenvalue weighted by atomic mass is 16.3. The van der Waals surface area contributed by atoms with Gasteiger partial charge in [-0.15, -0.1) is 0 Å². The van der Waals surface area contributed by atoms with Crippen molar-refractivity contribution in [3.8, 4) is 0 Å². The van der Waals surface area contributed by atoms with E-state index in [4.69, 9.17) is 4.98 Å². The fraction of sp³-hybridized carbons (Fsp3) is 0.727. The van der Waals surface area contributed by atoms with E-state index in [9.17, 15) is 5.11 Å². The Morgan fingerprint density at radius 3 is 2.68 bits per heavy atom. The van der Waals surface area contributed by atoms with Gasteiger partial charge in [-0.1, -0.05) is 19.8 Å². The number of unbranched alkanes of at least 4 members (excludes halogenated alkanes) is 2. The fourth-order valence-electron chi connectivity index (χ4n) is 4.79. The number of nitrogens with one attached hydrogen (secondary N) is 2. The Hall–Kier alpha value is -1.66. The molecular formula is C22H35N5O. The molecule has 0 spiro atoms. The lowest BCUT2D eigenvalue weighted by atomic mass is 9.90. The predicted octanol–water partition coefficient (Wildman–Crippen LogP) is 3.98. The minimum atomic E-state index is -0.132. The molecule has 154 valence electrons. The van der Waals surface area contributed by atoms with Gasteiger partial charge in [0.05, 0.1) is 6.10 Å². The molecule has 0 unspecified atom stereocenters. The molecule has 0 aromatic carbocycles. The second-order valence-corrected chi connectivity index (χ2v) is 8.54. The van der Waals surface area contributed by atoms with Crippen LogP contribution in [-0.2, 0) is 0 Å². The van der Waals surface area contributed by atoms with Crippen LogP contribution >= 0.6 is 0 Å². The van der Waals surface area contributed by atoms with E-state index in [-0.39, 0.29) is 6.10 Å². The monoisotopic (exact) mass is 385 g/mol. The van der Waals surface area contributed by atoms with E-state index in [0.717, 1.165) is 63.3 Å². The summed E-state index contributed by atoms with van der Waals surface area (Å²) in [4.78, 5) is 9.58. The molecule has 0 atom stereocenters. The number of piperidine rings is 1. The van der Waals surface area contributed by atoms with Crippen LogP contribution in [0.4, 0.5) is 5.95 Å². The number of fused-ring (bicyclic) bond motifs is 1. The molecule has 2 aromatic heterocycles. The molecular weight excluding hydrogens is 350 g/mol. The van der Waals surface area contributed by atoms with Crippen molar-refractivity contribution in [3.63, 3.8) is 0 Å². The van der Waals surface area contributed by atoms with Crippen molar-refractivity contribution in [2.45, 2.75) is 82.8 Å². The molecule has 4 rings (SSSR count). The summed E-state index contributed by atoms with van der Waals surface area (Å²) in [5.41, 5.74) is 2.49. The van der Waals surface area contributed by atoms with Gasteiger partial charge in [-0.25, -0.2) is 4.98 Å². The average molecular weight is 386 g/mol. The third kappa shape index (κ3) is 4.33. The van der Waals surface area contributed by atoms with Gasteiger partial charge in [0.1, 0.15) is 5.65 Å².